The van der Waals surface area contributed by atoms with Crippen molar-refractivity contribution in [2.24, 2.45) is 0 Å². The Morgan fingerprint density at radius 1 is 1.05 bits per heavy atom. The molecular formula is C18H19NO3. The lowest BCUT2D eigenvalue weighted by atomic mass is 10.0. The van der Waals surface area contributed by atoms with Crippen molar-refractivity contribution < 1.29 is 14.9 Å². The van der Waals surface area contributed by atoms with Crippen LogP contribution in [-0.2, 0) is 0 Å². The molecule has 2 aromatic carbocycles. The average molecular weight is 297 g/mol. The maximum absolute atomic E-state index is 10.3. The zero-order valence-electron chi connectivity index (χ0n) is 12.4. The number of methoxy groups -OCH3 is 1. The predicted octanol–water partition coefficient (Wildman–Crippen LogP) is 2.59. The lowest BCUT2D eigenvalue weighted by Gasteiger charge is -2.25. The van der Waals surface area contributed by atoms with Gasteiger partial charge in [0.25, 0.3) is 0 Å². The van der Waals surface area contributed by atoms with Crippen LogP contribution >= 0.6 is 0 Å². The molecule has 22 heavy (non-hydrogen) atoms. The van der Waals surface area contributed by atoms with E-state index in [0.717, 1.165) is 22.2 Å². The molecule has 0 saturated heterocycles. The highest BCUT2D eigenvalue weighted by Gasteiger charge is 2.23. The number of aromatic nitrogens is 1. The summed E-state index contributed by atoms with van der Waals surface area (Å²) in [6, 6.07) is 17.1. The SMILES string of the molecule is COc1cccc2c1ccn2C(c1ccccc1)C(O)CO. The van der Waals surface area contributed by atoms with E-state index in [2.05, 4.69) is 0 Å². The average Bonchev–Trinajstić information content (AvgIpc) is 3.00. The molecule has 3 aromatic rings. The van der Waals surface area contributed by atoms with E-state index in [4.69, 9.17) is 4.74 Å². The summed E-state index contributed by atoms with van der Waals surface area (Å²) in [6.07, 6.45) is 1.04. The van der Waals surface area contributed by atoms with Crippen LogP contribution in [0.2, 0.25) is 0 Å². The van der Waals surface area contributed by atoms with E-state index in [9.17, 15) is 10.2 Å². The smallest absolute Gasteiger partial charge is 0.128 e. The molecule has 0 amide bonds. The lowest BCUT2D eigenvalue weighted by molar-refractivity contribution is 0.0654. The van der Waals surface area contributed by atoms with Crippen molar-refractivity contribution in [1.82, 2.24) is 4.57 Å². The van der Waals surface area contributed by atoms with E-state index in [1.807, 2.05) is 65.4 Å². The molecule has 0 bridgehead atoms. The first-order valence-corrected chi connectivity index (χ1v) is 7.23. The Morgan fingerprint density at radius 2 is 1.82 bits per heavy atom. The molecule has 0 aliphatic heterocycles. The van der Waals surface area contributed by atoms with Crippen LogP contribution < -0.4 is 4.74 Å². The number of rotatable bonds is 5. The van der Waals surface area contributed by atoms with E-state index < -0.39 is 6.10 Å². The van der Waals surface area contributed by atoms with Gasteiger partial charge < -0.3 is 19.5 Å². The van der Waals surface area contributed by atoms with Crippen LogP contribution in [0, 0.1) is 0 Å². The number of benzene rings is 2. The van der Waals surface area contributed by atoms with Crippen molar-refractivity contribution in [3.05, 3.63) is 66.4 Å². The molecule has 0 saturated carbocycles. The van der Waals surface area contributed by atoms with Crippen LogP contribution in [0.3, 0.4) is 0 Å². The molecule has 4 nitrogen and oxygen atoms in total. The molecule has 0 spiro atoms. The maximum Gasteiger partial charge on any atom is 0.128 e. The molecule has 2 unspecified atom stereocenters. The van der Waals surface area contributed by atoms with Gasteiger partial charge in [0.1, 0.15) is 11.9 Å². The second-order valence-corrected chi connectivity index (χ2v) is 5.22. The molecule has 2 N–H and O–H groups in total. The van der Waals surface area contributed by atoms with Crippen molar-refractivity contribution in [2.75, 3.05) is 13.7 Å². The van der Waals surface area contributed by atoms with Crippen molar-refractivity contribution in [3.63, 3.8) is 0 Å². The third-order valence-electron chi connectivity index (χ3n) is 3.94. The van der Waals surface area contributed by atoms with E-state index >= 15 is 0 Å². The zero-order valence-corrected chi connectivity index (χ0v) is 12.4. The van der Waals surface area contributed by atoms with Gasteiger partial charge >= 0.3 is 0 Å². The summed E-state index contributed by atoms with van der Waals surface area (Å²) in [6.45, 7) is -0.302. The third-order valence-corrected chi connectivity index (χ3v) is 3.94. The fourth-order valence-corrected chi connectivity index (χ4v) is 2.90. The molecule has 0 radical (unpaired) electrons. The van der Waals surface area contributed by atoms with Gasteiger partial charge in [-0.25, -0.2) is 0 Å². The van der Waals surface area contributed by atoms with Gasteiger partial charge in [0.15, 0.2) is 0 Å². The van der Waals surface area contributed by atoms with Crippen LogP contribution in [0.15, 0.2) is 60.8 Å². The van der Waals surface area contributed by atoms with Crippen LogP contribution in [0.5, 0.6) is 5.75 Å². The van der Waals surface area contributed by atoms with Crippen LogP contribution in [-0.4, -0.2) is 34.6 Å². The van der Waals surface area contributed by atoms with Crippen molar-refractivity contribution in [1.29, 1.82) is 0 Å². The third kappa shape index (κ3) is 2.47. The monoisotopic (exact) mass is 297 g/mol. The highest BCUT2D eigenvalue weighted by Crippen LogP contribution is 2.32. The Hall–Kier alpha value is -2.30. The number of nitrogens with zero attached hydrogens (tertiary/aromatic N) is 1. The molecule has 2 atom stereocenters. The van der Waals surface area contributed by atoms with Gasteiger partial charge in [-0.3, -0.25) is 0 Å². The Labute approximate surface area is 129 Å². The second-order valence-electron chi connectivity index (χ2n) is 5.22. The maximum atomic E-state index is 10.3. The summed E-state index contributed by atoms with van der Waals surface area (Å²) in [5.41, 5.74) is 1.91. The number of aliphatic hydroxyl groups excluding tert-OH is 2. The fraction of sp³-hybridized carbons (Fsp3) is 0.222. The van der Waals surface area contributed by atoms with E-state index in [-0.39, 0.29) is 12.6 Å². The number of hydrogen-bond donors (Lipinski definition) is 2. The van der Waals surface area contributed by atoms with Crippen LogP contribution in [0.4, 0.5) is 0 Å². The summed E-state index contributed by atoms with van der Waals surface area (Å²) < 4.78 is 7.37. The Bertz CT molecular complexity index is 751. The largest absolute Gasteiger partial charge is 0.496 e. The van der Waals surface area contributed by atoms with E-state index in [1.165, 1.54) is 0 Å². The number of hydrogen-bond acceptors (Lipinski definition) is 3. The summed E-state index contributed by atoms with van der Waals surface area (Å²) in [5, 5.41) is 20.8. The number of fused-ring (bicyclic) bond motifs is 1. The molecule has 1 aromatic heterocycles. The van der Waals surface area contributed by atoms with Crippen LogP contribution in [0.1, 0.15) is 11.6 Å². The van der Waals surface area contributed by atoms with Gasteiger partial charge in [0, 0.05) is 11.6 Å². The molecule has 0 aliphatic carbocycles. The number of ether oxygens (including phenoxy) is 1. The molecule has 0 aliphatic rings. The summed E-state index contributed by atoms with van der Waals surface area (Å²) in [7, 11) is 1.64. The molecule has 3 rings (SSSR count). The zero-order chi connectivity index (χ0) is 15.5. The van der Waals surface area contributed by atoms with Gasteiger partial charge in [-0.05, 0) is 23.8 Å². The Morgan fingerprint density at radius 3 is 2.50 bits per heavy atom. The standard InChI is InChI=1S/C18H19NO3/c1-22-17-9-5-8-15-14(17)10-11-19(15)18(16(21)12-20)13-6-3-2-4-7-13/h2-11,16,18,20-21H,12H2,1H3. The van der Waals surface area contributed by atoms with Crippen LogP contribution in [0.25, 0.3) is 10.9 Å². The molecule has 114 valence electrons. The Kier molecular flexibility index (Phi) is 4.13. The predicted molar refractivity (Wildman–Crippen MR) is 86.2 cm³/mol. The summed E-state index contributed by atoms with van der Waals surface area (Å²) in [4.78, 5) is 0. The molecule has 0 fully saturated rings. The highest BCUT2D eigenvalue weighted by atomic mass is 16.5. The highest BCUT2D eigenvalue weighted by molar-refractivity contribution is 5.86. The fourth-order valence-electron chi connectivity index (χ4n) is 2.90. The van der Waals surface area contributed by atoms with Gasteiger partial charge in [0.05, 0.1) is 25.3 Å². The minimum absolute atomic E-state index is 0.302. The lowest BCUT2D eigenvalue weighted by Crippen LogP contribution is -2.27. The van der Waals surface area contributed by atoms with Crippen molar-refractivity contribution in [3.8, 4) is 5.75 Å². The second kappa shape index (κ2) is 6.22. The summed E-state index contributed by atoms with van der Waals surface area (Å²) in [5.74, 6) is 0.793. The Balaban J connectivity index is 2.17. The quantitative estimate of drug-likeness (QED) is 0.761. The van der Waals surface area contributed by atoms with E-state index in [0.29, 0.717) is 0 Å². The minimum atomic E-state index is -0.885. The normalized spacial score (nSPS) is 14.0. The first-order chi connectivity index (χ1) is 10.8. The van der Waals surface area contributed by atoms with Gasteiger partial charge in [-0.1, -0.05) is 36.4 Å². The molecular weight excluding hydrogens is 278 g/mol. The first-order valence-electron chi connectivity index (χ1n) is 7.23. The van der Waals surface area contributed by atoms with Gasteiger partial charge in [-0.15, -0.1) is 0 Å². The first kappa shape index (κ1) is 14.6. The number of aliphatic hydroxyl groups is 2. The van der Waals surface area contributed by atoms with Crippen molar-refractivity contribution in [2.45, 2.75) is 12.1 Å². The van der Waals surface area contributed by atoms with Crippen molar-refractivity contribution >= 4 is 10.9 Å². The topological polar surface area (TPSA) is 54.6 Å². The van der Waals surface area contributed by atoms with Gasteiger partial charge in [0.2, 0.25) is 0 Å². The van der Waals surface area contributed by atoms with Gasteiger partial charge in [-0.2, -0.15) is 0 Å². The van der Waals surface area contributed by atoms with E-state index in [1.54, 1.807) is 7.11 Å². The summed E-state index contributed by atoms with van der Waals surface area (Å²) >= 11 is 0. The minimum Gasteiger partial charge on any atom is -0.496 e. The molecule has 4 heteroatoms. The molecule has 1 heterocycles.